The highest BCUT2D eigenvalue weighted by Crippen LogP contribution is 2.27. The molecule has 0 bridgehead atoms. The molecule has 0 saturated carbocycles. The van der Waals surface area contributed by atoms with Gasteiger partial charge in [-0.15, -0.1) is 0 Å². The van der Waals surface area contributed by atoms with Gasteiger partial charge in [0.05, 0.1) is 18.8 Å². The molecule has 1 aliphatic heterocycles. The number of aromatic nitrogens is 3. The van der Waals surface area contributed by atoms with Crippen LogP contribution in [0.15, 0.2) is 16.9 Å². The van der Waals surface area contributed by atoms with Gasteiger partial charge in [-0.3, -0.25) is 0 Å². The third-order valence-corrected chi connectivity index (χ3v) is 3.28. The van der Waals surface area contributed by atoms with Gasteiger partial charge in [0.1, 0.15) is 11.5 Å². The average molecular weight is 260 g/mol. The number of ether oxygens (including phenoxy) is 1. The molecule has 1 unspecified atom stereocenters. The fraction of sp³-hybridized carbons (Fsp3) is 0.462. The molecule has 1 N–H and O–H groups in total. The molecule has 0 amide bonds. The Morgan fingerprint density at radius 2 is 2.32 bits per heavy atom. The summed E-state index contributed by atoms with van der Waals surface area (Å²) in [5.41, 5.74) is 1.52. The lowest BCUT2D eigenvalue weighted by molar-refractivity contribution is 0.392. The van der Waals surface area contributed by atoms with E-state index in [-0.39, 0.29) is 6.04 Å². The van der Waals surface area contributed by atoms with Gasteiger partial charge in [0.2, 0.25) is 5.88 Å². The number of hydrogen-bond donors (Lipinski definition) is 1. The summed E-state index contributed by atoms with van der Waals surface area (Å²) in [6, 6.07) is 1.96. The van der Waals surface area contributed by atoms with E-state index in [1.807, 2.05) is 6.92 Å². The van der Waals surface area contributed by atoms with E-state index in [1.165, 1.54) is 6.39 Å². The lowest BCUT2D eigenvalue weighted by atomic mass is 10.2. The van der Waals surface area contributed by atoms with Gasteiger partial charge in [0.15, 0.2) is 12.2 Å². The first-order chi connectivity index (χ1) is 9.28. The minimum atomic E-state index is 0.192. The molecule has 2 aromatic rings. The van der Waals surface area contributed by atoms with Crippen molar-refractivity contribution >= 4 is 0 Å². The summed E-state index contributed by atoms with van der Waals surface area (Å²) >= 11 is 0. The van der Waals surface area contributed by atoms with Crippen molar-refractivity contribution in [3.8, 4) is 17.3 Å². The van der Waals surface area contributed by atoms with Gasteiger partial charge in [-0.2, -0.15) is 4.98 Å². The molecule has 100 valence electrons. The lowest BCUT2D eigenvalue weighted by Crippen LogP contribution is -2.16. The second-order valence-electron chi connectivity index (χ2n) is 4.57. The molecule has 2 aromatic heterocycles. The molecule has 0 spiro atoms. The third kappa shape index (κ3) is 2.31. The van der Waals surface area contributed by atoms with Gasteiger partial charge in [-0.1, -0.05) is 0 Å². The van der Waals surface area contributed by atoms with Gasteiger partial charge < -0.3 is 14.5 Å². The summed E-state index contributed by atoms with van der Waals surface area (Å²) in [6.07, 6.45) is 3.61. The largest absolute Gasteiger partial charge is 0.481 e. The second kappa shape index (κ2) is 4.97. The highest BCUT2D eigenvalue weighted by Gasteiger charge is 2.21. The average Bonchev–Trinajstić information content (AvgIpc) is 3.09. The predicted molar refractivity (Wildman–Crippen MR) is 68.8 cm³/mol. The van der Waals surface area contributed by atoms with Crippen molar-refractivity contribution in [2.75, 3.05) is 13.7 Å². The van der Waals surface area contributed by atoms with E-state index in [1.54, 1.807) is 13.2 Å². The van der Waals surface area contributed by atoms with Crippen LogP contribution in [0.4, 0.5) is 0 Å². The fourth-order valence-electron chi connectivity index (χ4n) is 2.27. The Kier molecular flexibility index (Phi) is 3.16. The van der Waals surface area contributed by atoms with Crippen molar-refractivity contribution in [3.05, 3.63) is 24.0 Å². The topological polar surface area (TPSA) is 73.1 Å². The minimum absolute atomic E-state index is 0.192. The summed E-state index contributed by atoms with van der Waals surface area (Å²) in [5, 5.41) is 3.38. The summed E-state index contributed by atoms with van der Waals surface area (Å²) in [7, 11) is 1.60. The summed E-state index contributed by atoms with van der Waals surface area (Å²) in [5.74, 6) is 1.96. The second-order valence-corrected chi connectivity index (χ2v) is 4.57. The Balaban J connectivity index is 2.04. The molecule has 1 saturated heterocycles. The maximum Gasteiger partial charge on any atom is 0.217 e. The van der Waals surface area contributed by atoms with Crippen LogP contribution in [-0.2, 0) is 0 Å². The van der Waals surface area contributed by atoms with Crippen LogP contribution in [-0.4, -0.2) is 28.6 Å². The first-order valence-electron chi connectivity index (χ1n) is 6.34. The standard InChI is InChI=1S/C13H16N4O2/c1-8-12(19-7-15-8)10-6-11(18-2)17-13(16-10)9-4-3-5-14-9/h6-7,9,14H,3-5H2,1-2H3. The molecule has 1 fully saturated rings. The van der Waals surface area contributed by atoms with Crippen molar-refractivity contribution < 1.29 is 9.15 Å². The first kappa shape index (κ1) is 12.1. The van der Waals surface area contributed by atoms with Gasteiger partial charge >= 0.3 is 0 Å². The Morgan fingerprint density at radius 3 is 2.95 bits per heavy atom. The molecule has 0 aliphatic carbocycles. The number of methoxy groups -OCH3 is 1. The fourth-order valence-corrected chi connectivity index (χ4v) is 2.27. The monoisotopic (exact) mass is 260 g/mol. The van der Waals surface area contributed by atoms with E-state index in [4.69, 9.17) is 9.15 Å². The predicted octanol–water partition coefficient (Wildman–Crippen LogP) is 1.87. The summed E-state index contributed by atoms with van der Waals surface area (Å²) in [4.78, 5) is 13.1. The molecule has 3 rings (SSSR count). The van der Waals surface area contributed by atoms with Gasteiger partial charge in [-0.25, -0.2) is 9.97 Å². The Bertz CT molecular complexity index is 576. The van der Waals surface area contributed by atoms with E-state index in [0.29, 0.717) is 17.3 Å². The van der Waals surface area contributed by atoms with E-state index in [9.17, 15) is 0 Å². The van der Waals surface area contributed by atoms with E-state index < -0.39 is 0 Å². The molecule has 1 atom stereocenters. The van der Waals surface area contributed by atoms with Crippen LogP contribution in [0.1, 0.15) is 30.4 Å². The molecule has 0 aromatic carbocycles. The number of rotatable bonds is 3. The Labute approximate surface area is 111 Å². The molecule has 0 radical (unpaired) electrons. The van der Waals surface area contributed by atoms with Crippen molar-refractivity contribution in [2.24, 2.45) is 0 Å². The van der Waals surface area contributed by atoms with Crippen LogP contribution in [0.3, 0.4) is 0 Å². The molecular formula is C13H16N4O2. The maximum absolute atomic E-state index is 5.39. The number of oxazole rings is 1. The van der Waals surface area contributed by atoms with Crippen molar-refractivity contribution in [2.45, 2.75) is 25.8 Å². The molecule has 1 aliphatic rings. The lowest BCUT2D eigenvalue weighted by Gasteiger charge is -2.11. The summed E-state index contributed by atoms with van der Waals surface area (Å²) < 4.78 is 10.6. The quantitative estimate of drug-likeness (QED) is 0.908. The zero-order valence-electron chi connectivity index (χ0n) is 11.0. The van der Waals surface area contributed by atoms with Gasteiger partial charge in [-0.05, 0) is 26.3 Å². The van der Waals surface area contributed by atoms with Crippen LogP contribution < -0.4 is 10.1 Å². The van der Waals surface area contributed by atoms with Crippen molar-refractivity contribution in [3.63, 3.8) is 0 Å². The normalized spacial score (nSPS) is 18.7. The Hall–Kier alpha value is -1.95. The van der Waals surface area contributed by atoms with E-state index >= 15 is 0 Å². The van der Waals surface area contributed by atoms with Crippen molar-refractivity contribution in [1.29, 1.82) is 0 Å². The SMILES string of the molecule is COc1cc(-c2ocnc2C)nc(C2CCCN2)n1. The summed E-state index contributed by atoms with van der Waals surface area (Å²) in [6.45, 7) is 2.89. The first-order valence-corrected chi connectivity index (χ1v) is 6.34. The van der Waals surface area contributed by atoms with Crippen molar-refractivity contribution in [1.82, 2.24) is 20.3 Å². The highest BCUT2D eigenvalue weighted by atomic mass is 16.5. The molecular weight excluding hydrogens is 244 g/mol. The maximum atomic E-state index is 5.39. The number of nitrogens with zero attached hydrogens (tertiary/aromatic N) is 3. The molecule has 3 heterocycles. The molecule has 6 nitrogen and oxygen atoms in total. The number of nitrogens with one attached hydrogen (secondary N) is 1. The van der Waals surface area contributed by atoms with Crippen LogP contribution in [0, 0.1) is 6.92 Å². The van der Waals surface area contributed by atoms with Crippen LogP contribution in [0.2, 0.25) is 0 Å². The van der Waals surface area contributed by atoms with Crippen LogP contribution in [0.5, 0.6) is 5.88 Å². The van der Waals surface area contributed by atoms with Crippen LogP contribution in [0.25, 0.3) is 11.5 Å². The number of hydrogen-bond acceptors (Lipinski definition) is 6. The smallest absolute Gasteiger partial charge is 0.217 e. The Morgan fingerprint density at radius 1 is 1.42 bits per heavy atom. The molecule has 6 heteroatoms. The van der Waals surface area contributed by atoms with Crippen LogP contribution >= 0.6 is 0 Å². The molecule has 19 heavy (non-hydrogen) atoms. The van der Waals surface area contributed by atoms with E-state index in [2.05, 4.69) is 20.3 Å². The van der Waals surface area contributed by atoms with E-state index in [0.717, 1.165) is 30.9 Å². The minimum Gasteiger partial charge on any atom is -0.481 e. The van der Waals surface area contributed by atoms with Gasteiger partial charge in [0.25, 0.3) is 0 Å². The highest BCUT2D eigenvalue weighted by molar-refractivity contribution is 5.55. The number of aryl methyl sites for hydroxylation is 1. The zero-order chi connectivity index (χ0) is 13.2. The third-order valence-electron chi connectivity index (χ3n) is 3.28. The zero-order valence-corrected chi connectivity index (χ0v) is 11.0. The van der Waals surface area contributed by atoms with Gasteiger partial charge in [0, 0.05) is 6.07 Å².